The van der Waals surface area contributed by atoms with Crippen LogP contribution >= 0.6 is 0 Å². The van der Waals surface area contributed by atoms with Crippen LogP contribution in [0.3, 0.4) is 0 Å². The first-order chi connectivity index (χ1) is 10.9. The van der Waals surface area contributed by atoms with Gasteiger partial charge in [-0.25, -0.2) is 4.68 Å². The molecule has 8 nitrogen and oxygen atoms in total. The third-order valence-electron chi connectivity index (χ3n) is 4.35. The van der Waals surface area contributed by atoms with Gasteiger partial charge in [0.1, 0.15) is 0 Å². The van der Waals surface area contributed by atoms with E-state index in [9.17, 15) is 0 Å². The van der Waals surface area contributed by atoms with Crippen molar-refractivity contribution in [1.82, 2.24) is 35.7 Å². The molecule has 1 aliphatic carbocycles. The first-order valence-corrected chi connectivity index (χ1v) is 7.93. The molecule has 1 aliphatic heterocycles. The van der Waals surface area contributed by atoms with Gasteiger partial charge in [-0.1, -0.05) is 0 Å². The van der Waals surface area contributed by atoms with Crippen molar-refractivity contribution >= 4 is 5.82 Å². The lowest BCUT2D eigenvalue weighted by molar-refractivity contribution is 0.525. The summed E-state index contributed by atoms with van der Waals surface area (Å²) in [5.74, 6) is 1.90. The Balaban J connectivity index is 1.34. The molecule has 2 aromatic rings. The topological polar surface area (TPSA) is 84.7 Å². The molecule has 1 unspecified atom stereocenters. The van der Waals surface area contributed by atoms with Crippen LogP contribution < -0.4 is 10.2 Å². The Hall–Kier alpha value is -2.09. The van der Waals surface area contributed by atoms with Crippen molar-refractivity contribution in [1.29, 1.82) is 0 Å². The largest absolute Gasteiger partial charge is 0.351 e. The van der Waals surface area contributed by atoms with Crippen LogP contribution in [0.4, 0.5) is 5.82 Å². The number of nitrogens with one attached hydrogen (secondary N) is 1. The summed E-state index contributed by atoms with van der Waals surface area (Å²) < 4.78 is 1.96. The molecule has 1 saturated carbocycles. The molecule has 0 bridgehead atoms. The zero-order chi connectivity index (χ0) is 14.8. The van der Waals surface area contributed by atoms with Crippen LogP contribution in [0.5, 0.6) is 0 Å². The van der Waals surface area contributed by atoms with Gasteiger partial charge in [0.25, 0.3) is 0 Å². The molecule has 0 aromatic carbocycles. The maximum atomic E-state index is 4.23. The predicted octanol–water partition coefficient (Wildman–Crippen LogP) is 0.557. The standard InChI is InChI=1S/C14H20N8/c1-4-13(17-16-7-1)21-8-2-3-12(21)9-15-10-14-18-19-20-22(14)11-5-6-11/h1,4,7,11-12,15H,2-3,5-6,8-10H2. The Morgan fingerprint density at radius 3 is 3.00 bits per heavy atom. The van der Waals surface area contributed by atoms with Gasteiger partial charge in [0.2, 0.25) is 0 Å². The quantitative estimate of drug-likeness (QED) is 0.834. The summed E-state index contributed by atoms with van der Waals surface area (Å²) in [6, 6.07) is 4.95. The first kappa shape index (κ1) is 13.6. The highest BCUT2D eigenvalue weighted by Crippen LogP contribution is 2.34. The molecular formula is C14H20N8. The van der Waals surface area contributed by atoms with Crippen LogP contribution in [0, 0.1) is 0 Å². The van der Waals surface area contributed by atoms with Gasteiger partial charge in [0.15, 0.2) is 11.6 Å². The minimum absolute atomic E-state index is 0.460. The fraction of sp³-hybridized carbons (Fsp3) is 0.643. The Morgan fingerprint density at radius 2 is 2.18 bits per heavy atom. The normalized spacial score (nSPS) is 21.5. The molecular weight excluding hydrogens is 280 g/mol. The van der Waals surface area contributed by atoms with E-state index in [1.807, 2.05) is 16.8 Å². The van der Waals surface area contributed by atoms with Gasteiger partial charge >= 0.3 is 0 Å². The average molecular weight is 300 g/mol. The van der Waals surface area contributed by atoms with Gasteiger partial charge < -0.3 is 10.2 Å². The number of anilines is 1. The Kier molecular flexibility index (Phi) is 3.67. The van der Waals surface area contributed by atoms with Gasteiger partial charge in [0, 0.05) is 25.3 Å². The number of hydrogen-bond donors (Lipinski definition) is 1. The number of tetrazole rings is 1. The van der Waals surface area contributed by atoms with Crippen molar-refractivity contribution in [2.45, 2.75) is 44.3 Å². The van der Waals surface area contributed by atoms with E-state index in [-0.39, 0.29) is 0 Å². The van der Waals surface area contributed by atoms with Crippen LogP contribution in [0.1, 0.15) is 37.5 Å². The number of hydrogen-bond acceptors (Lipinski definition) is 7. The number of rotatable bonds is 6. The summed E-state index contributed by atoms with van der Waals surface area (Å²) >= 11 is 0. The Bertz CT molecular complexity index is 608. The fourth-order valence-corrected chi connectivity index (χ4v) is 3.08. The van der Waals surface area contributed by atoms with Crippen molar-refractivity contribution in [3.05, 3.63) is 24.2 Å². The lowest BCUT2D eigenvalue weighted by Gasteiger charge is -2.25. The molecule has 3 heterocycles. The van der Waals surface area contributed by atoms with Gasteiger partial charge in [-0.05, 0) is 48.2 Å². The van der Waals surface area contributed by atoms with E-state index in [1.54, 1.807) is 6.20 Å². The van der Waals surface area contributed by atoms with Crippen LogP contribution in [-0.2, 0) is 6.54 Å². The zero-order valence-electron chi connectivity index (χ0n) is 12.5. The maximum absolute atomic E-state index is 4.23. The third-order valence-corrected chi connectivity index (χ3v) is 4.35. The van der Waals surface area contributed by atoms with Crippen LogP contribution in [-0.4, -0.2) is 49.5 Å². The molecule has 0 amide bonds. The lowest BCUT2D eigenvalue weighted by atomic mass is 10.2. The maximum Gasteiger partial charge on any atom is 0.165 e. The van der Waals surface area contributed by atoms with Crippen molar-refractivity contribution < 1.29 is 0 Å². The van der Waals surface area contributed by atoms with Gasteiger partial charge in [0.05, 0.1) is 12.6 Å². The van der Waals surface area contributed by atoms with E-state index in [1.165, 1.54) is 25.7 Å². The lowest BCUT2D eigenvalue weighted by Crippen LogP contribution is -2.38. The molecule has 4 rings (SSSR count). The predicted molar refractivity (Wildman–Crippen MR) is 80.2 cm³/mol. The number of aromatic nitrogens is 6. The van der Waals surface area contributed by atoms with Gasteiger partial charge in [-0.3, -0.25) is 0 Å². The van der Waals surface area contributed by atoms with E-state index in [0.29, 0.717) is 18.6 Å². The van der Waals surface area contributed by atoms with E-state index >= 15 is 0 Å². The summed E-state index contributed by atoms with van der Waals surface area (Å²) in [7, 11) is 0. The van der Waals surface area contributed by atoms with Crippen LogP contribution in [0.2, 0.25) is 0 Å². The molecule has 2 aliphatic rings. The molecule has 22 heavy (non-hydrogen) atoms. The molecule has 1 atom stereocenters. The second-order valence-corrected chi connectivity index (χ2v) is 5.97. The average Bonchev–Trinajstić information content (AvgIpc) is 3.11. The molecule has 2 fully saturated rings. The second-order valence-electron chi connectivity index (χ2n) is 5.97. The monoisotopic (exact) mass is 300 g/mol. The molecule has 0 radical (unpaired) electrons. The molecule has 1 saturated heterocycles. The Morgan fingerprint density at radius 1 is 1.23 bits per heavy atom. The van der Waals surface area contributed by atoms with E-state index in [0.717, 1.165) is 24.7 Å². The van der Waals surface area contributed by atoms with Crippen LogP contribution in [0.25, 0.3) is 0 Å². The fourth-order valence-electron chi connectivity index (χ4n) is 3.08. The molecule has 0 spiro atoms. The van der Waals surface area contributed by atoms with Crippen molar-refractivity contribution in [3.63, 3.8) is 0 Å². The van der Waals surface area contributed by atoms with Gasteiger partial charge in [-0.2, -0.15) is 5.10 Å². The summed E-state index contributed by atoms with van der Waals surface area (Å²) in [4.78, 5) is 2.34. The van der Waals surface area contributed by atoms with Crippen molar-refractivity contribution in [2.75, 3.05) is 18.0 Å². The second kappa shape index (κ2) is 5.96. The summed E-state index contributed by atoms with van der Waals surface area (Å²) in [5.41, 5.74) is 0. The zero-order valence-corrected chi connectivity index (χ0v) is 12.5. The number of nitrogens with zero attached hydrogens (tertiary/aromatic N) is 7. The van der Waals surface area contributed by atoms with E-state index < -0.39 is 0 Å². The highest BCUT2D eigenvalue weighted by Gasteiger charge is 2.28. The molecule has 1 N–H and O–H groups in total. The minimum Gasteiger partial charge on any atom is -0.351 e. The highest BCUT2D eigenvalue weighted by atomic mass is 15.6. The summed E-state index contributed by atoms with van der Waals surface area (Å²) in [5, 5.41) is 23.7. The summed E-state index contributed by atoms with van der Waals surface area (Å²) in [6.07, 6.45) is 6.48. The SMILES string of the molecule is c1cnnc(N2CCCC2CNCc2nnnn2C2CC2)c1. The first-order valence-electron chi connectivity index (χ1n) is 7.93. The Labute approximate surface area is 128 Å². The van der Waals surface area contributed by atoms with E-state index in [2.05, 4.69) is 35.9 Å². The van der Waals surface area contributed by atoms with Crippen molar-refractivity contribution in [2.24, 2.45) is 0 Å². The van der Waals surface area contributed by atoms with Gasteiger partial charge in [-0.15, -0.1) is 10.2 Å². The van der Waals surface area contributed by atoms with Crippen molar-refractivity contribution in [3.8, 4) is 0 Å². The molecule has 2 aromatic heterocycles. The van der Waals surface area contributed by atoms with Crippen LogP contribution in [0.15, 0.2) is 18.3 Å². The molecule has 116 valence electrons. The third kappa shape index (κ3) is 2.78. The summed E-state index contributed by atoms with van der Waals surface area (Å²) in [6.45, 7) is 2.67. The minimum atomic E-state index is 0.460. The molecule has 8 heteroatoms. The van der Waals surface area contributed by atoms with E-state index in [4.69, 9.17) is 0 Å². The highest BCUT2D eigenvalue weighted by molar-refractivity contribution is 5.39. The smallest absolute Gasteiger partial charge is 0.165 e.